The Morgan fingerprint density at radius 3 is 2.61 bits per heavy atom. The Balaban J connectivity index is 1.30. The van der Waals surface area contributed by atoms with Crippen LogP contribution in [-0.4, -0.2) is 70.0 Å². The molecule has 4 aromatic rings. The quantitative estimate of drug-likeness (QED) is 0.384. The van der Waals surface area contributed by atoms with E-state index in [-0.39, 0.29) is 6.04 Å². The van der Waals surface area contributed by atoms with E-state index in [0.29, 0.717) is 61.6 Å². The molecule has 2 fully saturated rings. The van der Waals surface area contributed by atoms with Crippen molar-refractivity contribution in [3.63, 3.8) is 0 Å². The molecule has 1 aliphatic heterocycles. The Morgan fingerprint density at radius 1 is 1.00 bits per heavy atom. The number of nitrogens with two attached hydrogens (primary N) is 1. The molecule has 1 saturated heterocycles. The number of pyridine rings is 1. The van der Waals surface area contributed by atoms with E-state index in [1.165, 1.54) is 0 Å². The predicted octanol–water partition coefficient (Wildman–Crippen LogP) is 4.02. The average Bonchev–Trinajstić information content (AvgIpc) is 2.94. The maximum Gasteiger partial charge on any atom is 0.345 e. The van der Waals surface area contributed by atoms with Crippen LogP contribution in [0.15, 0.2) is 36.9 Å². The Hall–Kier alpha value is -3.77. The number of nitrogens with one attached hydrogen (secondary N) is 1. The van der Waals surface area contributed by atoms with Crippen LogP contribution in [0, 0.1) is 0 Å². The van der Waals surface area contributed by atoms with Gasteiger partial charge in [0.25, 0.3) is 0 Å². The zero-order chi connectivity index (χ0) is 26.1. The summed E-state index contributed by atoms with van der Waals surface area (Å²) in [6.45, 7) is 0.182. The topological polar surface area (TPSA) is 124 Å². The van der Waals surface area contributed by atoms with E-state index in [1.807, 2.05) is 18.2 Å². The number of anilines is 3. The molecule has 38 heavy (non-hydrogen) atoms. The largest absolute Gasteiger partial charge is 0.383 e. The van der Waals surface area contributed by atoms with E-state index in [2.05, 4.69) is 34.9 Å². The van der Waals surface area contributed by atoms with Gasteiger partial charge in [-0.3, -0.25) is 0 Å². The Morgan fingerprint density at radius 2 is 1.82 bits per heavy atom. The third-order valence-electron chi connectivity index (χ3n) is 7.19. The second-order valence-corrected chi connectivity index (χ2v) is 9.56. The van der Waals surface area contributed by atoms with Crippen LogP contribution in [0.5, 0.6) is 0 Å². The minimum atomic E-state index is -2.74. The van der Waals surface area contributed by atoms with Crippen molar-refractivity contribution in [1.82, 2.24) is 24.9 Å². The summed E-state index contributed by atoms with van der Waals surface area (Å²) in [6.07, 6.45) is 7.06. The first-order valence-corrected chi connectivity index (χ1v) is 12.7. The Kier molecular flexibility index (Phi) is 6.81. The highest BCUT2D eigenvalue weighted by Gasteiger charge is 2.25. The van der Waals surface area contributed by atoms with Gasteiger partial charge in [0.1, 0.15) is 18.0 Å². The SMILES string of the molecule is Nc1ncc(-c2ccc3c(N4CCOCC4)ncnc3c2)c2nc(N[C@H]3CC[C@H](OC(F)F)CC3)ncc12. The Labute approximate surface area is 217 Å². The normalized spacial score (nSPS) is 20.3. The van der Waals surface area contributed by atoms with Gasteiger partial charge in [-0.25, -0.2) is 24.9 Å². The zero-order valence-corrected chi connectivity index (χ0v) is 20.7. The van der Waals surface area contributed by atoms with Gasteiger partial charge in [0, 0.05) is 42.5 Å². The lowest BCUT2D eigenvalue weighted by molar-refractivity contribution is -0.169. The molecule has 3 aromatic heterocycles. The molecule has 0 radical (unpaired) electrons. The molecule has 1 aliphatic carbocycles. The predicted molar refractivity (Wildman–Crippen MR) is 140 cm³/mol. The van der Waals surface area contributed by atoms with Crippen molar-refractivity contribution in [3.05, 3.63) is 36.9 Å². The molecule has 0 unspecified atom stereocenters. The number of aromatic nitrogens is 5. The number of nitrogens with zero attached hydrogens (tertiary/aromatic N) is 6. The van der Waals surface area contributed by atoms with Crippen LogP contribution >= 0.6 is 0 Å². The van der Waals surface area contributed by atoms with Crippen molar-refractivity contribution in [2.24, 2.45) is 0 Å². The number of rotatable bonds is 6. The van der Waals surface area contributed by atoms with E-state index in [4.69, 9.17) is 15.5 Å². The maximum absolute atomic E-state index is 12.5. The fourth-order valence-electron chi connectivity index (χ4n) is 5.23. The van der Waals surface area contributed by atoms with Gasteiger partial charge in [0.05, 0.1) is 35.7 Å². The van der Waals surface area contributed by atoms with E-state index in [9.17, 15) is 8.78 Å². The summed E-state index contributed by atoms with van der Waals surface area (Å²) in [4.78, 5) is 24.9. The fourth-order valence-corrected chi connectivity index (χ4v) is 5.23. The van der Waals surface area contributed by atoms with Gasteiger partial charge in [0.2, 0.25) is 5.95 Å². The molecule has 2 aliphatic rings. The third kappa shape index (κ3) is 5.01. The van der Waals surface area contributed by atoms with Gasteiger partial charge >= 0.3 is 6.61 Å². The second-order valence-electron chi connectivity index (χ2n) is 9.56. The molecule has 4 heterocycles. The van der Waals surface area contributed by atoms with Crippen LogP contribution in [0.1, 0.15) is 25.7 Å². The van der Waals surface area contributed by atoms with Crippen LogP contribution in [0.4, 0.5) is 26.4 Å². The van der Waals surface area contributed by atoms with Crippen LogP contribution in [0.25, 0.3) is 32.9 Å². The van der Waals surface area contributed by atoms with Crippen molar-refractivity contribution in [3.8, 4) is 11.1 Å². The number of fused-ring (bicyclic) bond motifs is 2. The first-order chi connectivity index (χ1) is 18.5. The molecule has 6 rings (SSSR count). The summed E-state index contributed by atoms with van der Waals surface area (Å²) in [5.41, 5.74) is 9.36. The minimum Gasteiger partial charge on any atom is -0.383 e. The number of hydrogen-bond acceptors (Lipinski definition) is 10. The molecule has 198 valence electrons. The number of nitrogen functional groups attached to an aromatic ring is 1. The van der Waals surface area contributed by atoms with Crippen molar-refractivity contribution in [2.45, 2.75) is 44.4 Å². The summed E-state index contributed by atoms with van der Waals surface area (Å²) in [5.74, 6) is 1.70. The standard InChI is InChI=1S/C26H28F2N8O2/c27-25(28)38-17-4-2-16(3-5-17)34-26-31-13-20-22(35-26)19(12-30-23(20)29)15-1-6-18-21(11-15)32-14-33-24(18)36-7-9-37-10-8-36/h1,6,11-14,16-17,25H,2-5,7-10H2,(H2,29,30)(H,31,34,35)/t16-,17-. The summed E-state index contributed by atoms with van der Waals surface area (Å²) < 4.78 is 35.2. The number of hydrogen-bond donors (Lipinski definition) is 2. The third-order valence-corrected chi connectivity index (χ3v) is 7.19. The van der Waals surface area contributed by atoms with E-state index < -0.39 is 12.7 Å². The van der Waals surface area contributed by atoms with Crippen LogP contribution < -0.4 is 16.0 Å². The van der Waals surface area contributed by atoms with Crippen molar-refractivity contribution < 1.29 is 18.3 Å². The van der Waals surface area contributed by atoms with Gasteiger partial charge in [-0.05, 0) is 43.4 Å². The van der Waals surface area contributed by atoms with Crippen LogP contribution in [0.3, 0.4) is 0 Å². The number of benzene rings is 1. The maximum atomic E-state index is 12.5. The molecule has 0 amide bonds. The fraction of sp³-hybridized carbons (Fsp3) is 0.423. The molecule has 0 bridgehead atoms. The van der Waals surface area contributed by atoms with Gasteiger partial charge in [-0.1, -0.05) is 6.07 Å². The van der Waals surface area contributed by atoms with E-state index in [0.717, 1.165) is 40.9 Å². The van der Waals surface area contributed by atoms with Crippen molar-refractivity contribution in [2.75, 3.05) is 42.3 Å². The molecule has 1 aromatic carbocycles. The number of halogens is 2. The van der Waals surface area contributed by atoms with Gasteiger partial charge < -0.3 is 25.4 Å². The molecule has 0 spiro atoms. The highest BCUT2D eigenvalue weighted by Crippen LogP contribution is 2.33. The molecular weight excluding hydrogens is 494 g/mol. The number of morpholine rings is 1. The molecule has 10 nitrogen and oxygen atoms in total. The molecule has 12 heteroatoms. The summed E-state index contributed by atoms with van der Waals surface area (Å²) in [6, 6.07) is 6.12. The lowest BCUT2D eigenvalue weighted by Gasteiger charge is -2.28. The van der Waals surface area contributed by atoms with E-state index >= 15 is 0 Å². The minimum absolute atomic E-state index is 0.0728. The zero-order valence-electron chi connectivity index (χ0n) is 20.7. The highest BCUT2D eigenvalue weighted by atomic mass is 19.3. The van der Waals surface area contributed by atoms with E-state index in [1.54, 1.807) is 18.7 Å². The smallest absolute Gasteiger partial charge is 0.345 e. The number of alkyl halides is 2. The lowest BCUT2D eigenvalue weighted by atomic mass is 9.93. The van der Waals surface area contributed by atoms with Gasteiger partial charge in [0.15, 0.2) is 0 Å². The Bertz CT molecular complexity index is 1440. The first kappa shape index (κ1) is 24.6. The molecule has 3 N–H and O–H groups in total. The molecule has 0 atom stereocenters. The average molecular weight is 523 g/mol. The van der Waals surface area contributed by atoms with Gasteiger partial charge in [-0.15, -0.1) is 0 Å². The highest BCUT2D eigenvalue weighted by molar-refractivity contribution is 6.01. The van der Waals surface area contributed by atoms with Gasteiger partial charge in [-0.2, -0.15) is 8.78 Å². The first-order valence-electron chi connectivity index (χ1n) is 12.7. The molecule has 1 saturated carbocycles. The van der Waals surface area contributed by atoms with Crippen LogP contribution in [0.2, 0.25) is 0 Å². The lowest BCUT2D eigenvalue weighted by Crippen LogP contribution is -2.36. The monoisotopic (exact) mass is 522 g/mol. The number of ether oxygens (including phenoxy) is 2. The summed E-state index contributed by atoms with van der Waals surface area (Å²) in [7, 11) is 0. The summed E-state index contributed by atoms with van der Waals surface area (Å²) in [5, 5.41) is 4.97. The second kappa shape index (κ2) is 10.5. The van der Waals surface area contributed by atoms with Crippen LogP contribution in [-0.2, 0) is 9.47 Å². The van der Waals surface area contributed by atoms with Crippen molar-refractivity contribution >= 4 is 39.4 Å². The summed E-state index contributed by atoms with van der Waals surface area (Å²) >= 11 is 0. The molecular formula is C26H28F2N8O2. The van der Waals surface area contributed by atoms with Crippen molar-refractivity contribution in [1.29, 1.82) is 0 Å².